The lowest BCUT2D eigenvalue weighted by Crippen LogP contribution is -2.26. The van der Waals surface area contributed by atoms with Gasteiger partial charge in [0.25, 0.3) is 0 Å². The van der Waals surface area contributed by atoms with Crippen LogP contribution in [0.25, 0.3) is 83.0 Å². The van der Waals surface area contributed by atoms with Crippen molar-refractivity contribution in [3.8, 4) is 22.5 Å². The van der Waals surface area contributed by atoms with Gasteiger partial charge in [0.2, 0.25) is 0 Å². The molecular weight excluding hydrogens is 649 g/mol. The van der Waals surface area contributed by atoms with Gasteiger partial charge in [-0.2, -0.15) is 0 Å². The van der Waals surface area contributed by atoms with Crippen molar-refractivity contribution >= 4 is 60.5 Å². The predicted octanol–water partition coefficient (Wildman–Crippen LogP) is 6.06. The smallest absolute Gasteiger partial charge is 0.166 e. The molecule has 0 fully saturated rings. The van der Waals surface area contributed by atoms with Crippen LogP contribution in [-0.4, -0.2) is 58.6 Å². The molecule has 0 aliphatic carbocycles. The highest BCUT2D eigenvalue weighted by atomic mass is 15.1. The number of rotatable bonds is 4. The fourth-order valence-corrected chi connectivity index (χ4v) is 7.46. The number of para-hydroxylation sites is 1. The van der Waals surface area contributed by atoms with Crippen molar-refractivity contribution in [3.63, 3.8) is 0 Å². The molecule has 11 rings (SSSR count). The molecule has 12 heteroatoms. The summed E-state index contributed by atoms with van der Waals surface area (Å²) in [5.74, 6) is 0.484. The summed E-state index contributed by atoms with van der Waals surface area (Å²) in [6, 6.07) is 24.6. The van der Waals surface area contributed by atoms with Gasteiger partial charge >= 0.3 is 0 Å². The Morgan fingerprint density at radius 2 is 1.27 bits per heavy atom. The molecule has 0 radical (unpaired) electrons. The molecule has 0 saturated heterocycles. The monoisotopic (exact) mass is 670 g/mol. The van der Waals surface area contributed by atoms with Crippen LogP contribution < -0.4 is 5.48 Å². The van der Waals surface area contributed by atoms with Crippen molar-refractivity contribution in [2.45, 2.75) is 0 Å². The van der Waals surface area contributed by atoms with E-state index in [1.807, 2.05) is 36.5 Å². The number of nitrogens with zero attached hydrogens (tertiary/aromatic N) is 12. The maximum absolute atomic E-state index is 5.36. The fourth-order valence-electron chi connectivity index (χ4n) is 7.46. The molecule has 0 saturated carbocycles. The molecule has 0 amide bonds. The molecule has 0 unspecified atom stereocenters. The van der Waals surface area contributed by atoms with Crippen molar-refractivity contribution < 1.29 is 0 Å². The lowest BCUT2D eigenvalue weighted by molar-refractivity contribution is 0.968. The van der Waals surface area contributed by atoms with E-state index in [-0.39, 0.29) is 0 Å². The molecule has 0 spiro atoms. The van der Waals surface area contributed by atoms with Gasteiger partial charge in [0.1, 0.15) is 29.2 Å². The molecule has 0 atom stereocenters. The Bertz CT molecular complexity index is 3180. The Kier molecular flexibility index (Phi) is 5.95. The van der Waals surface area contributed by atoms with Gasteiger partial charge in [-0.15, -0.1) is 0 Å². The van der Waals surface area contributed by atoms with Crippen molar-refractivity contribution in [2.24, 2.45) is 0 Å². The van der Waals surface area contributed by atoms with Crippen LogP contribution in [0, 0.1) is 0 Å². The molecule has 52 heavy (non-hydrogen) atoms. The summed E-state index contributed by atoms with van der Waals surface area (Å²) >= 11 is 0. The van der Waals surface area contributed by atoms with Crippen molar-refractivity contribution in [1.82, 2.24) is 58.6 Å². The highest BCUT2D eigenvalue weighted by Gasteiger charge is 2.26. The van der Waals surface area contributed by atoms with Crippen LogP contribution in [-0.2, 0) is 0 Å². The molecule has 0 N–H and O–H groups in total. The van der Waals surface area contributed by atoms with E-state index in [1.165, 1.54) is 12.7 Å². The summed E-state index contributed by atoms with van der Waals surface area (Å²) in [4.78, 5) is 47.5. The highest BCUT2D eigenvalue weighted by molar-refractivity contribution is 6.25. The van der Waals surface area contributed by atoms with E-state index < -0.39 is 0 Å². The normalized spacial score (nSPS) is 12.5. The van der Waals surface area contributed by atoms with Crippen LogP contribution in [0.5, 0.6) is 0 Å². The van der Waals surface area contributed by atoms with E-state index >= 15 is 0 Å². The lowest BCUT2D eigenvalue weighted by atomic mass is 10.0. The van der Waals surface area contributed by atoms with Gasteiger partial charge < -0.3 is 0 Å². The Hall–Kier alpha value is -7.60. The Morgan fingerprint density at radius 1 is 0.500 bits per heavy atom. The first kappa shape index (κ1) is 28.3. The Morgan fingerprint density at radius 3 is 2.12 bits per heavy atom. The second-order valence-corrected chi connectivity index (χ2v) is 12.3. The van der Waals surface area contributed by atoms with Gasteiger partial charge in [0.05, 0.1) is 40.4 Å². The third kappa shape index (κ3) is 3.96. The minimum absolute atomic E-state index is 0.484. The van der Waals surface area contributed by atoms with Gasteiger partial charge in [-0.05, 0) is 17.7 Å². The number of hydrogen-bond acceptors (Lipinski definition) is 10. The zero-order valence-corrected chi connectivity index (χ0v) is 27.1. The minimum atomic E-state index is 0.484. The largest absolute Gasteiger partial charge is 0.276 e. The highest BCUT2D eigenvalue weighted by Crippen LogP contribution is 2.41. The van der Waals surface area contributed by atoms with Gasteiger partial charge in [0.15, 0.2) is 17.1 Å². The third-order valence-electron chi connectivity index (χ3n) is 9.54. The van der Waals surface area contributed by atoms with Crippen LogP contribution in [0.1, 0.15) is 11.4 Å². The second kappa shape index (κ2) is 11.0. The van der Waals surface area contributed by atoms with E-state index in [1.54, 1.807) is 43.4 Å². The van der Waals surface area contributed by atoms with Crippen LogP contribution in [0.2, 0.25) is 0 Å². The average Bonchev–Trinajstić information content (AvgIpc) is 3.70. The van der Waals surface area contributed by atoms with Gasteiger partial charge in [-0.25, -0.2) is 29.9 Å². The van der Waals surface area contributed by atoms with E-state index in [4.69, 9.17) is 34.9 Å². The van der Waals surface area contributed by atoms with Crippen LogP contribution in [0.3, 0.4) is 0 Å². The maximum Gasteiger partial charge on any atom is 0.166 e. The number of pyridine rings is 1. The Labute approximate surface area is 292 Å². The molecule has 3 aromatic carbocycles. The topological polar surface area (TPSA) is 138 Å². The first-order valence-electron chi connectivity index (χ1n) is 16.5. The molecule has 12 nitrogen and oxygen atoms in total. The van der Waals surface area contributed by atoms with E-state index in [9.17, 15) is 0 Å². The standard InChI is InChI=1S/C40H22N12/c1-2-5-24(6-3-1)31(37-48-21-43-22-49-37)40-51-35-25(7-4-8-28(35)33-38(51)46-18-17-45-33)26-9-10-27(30-19-42-15-16-44-30)32-34-39(52(40)36(26)32)47-20-29(50-34)23-11-13-41-14-12-23/h1-22H/b40-31-. The number of aromatic nitrogens is 12. The summed E-state index contributed by atoms with van der Waals surface area (Å²) in [6.07, 6.45) is 17.0. The zero-order chi connectivity index (χ0) is 34.2. The summed E-state index contributed by atoms with van der Waals surface area (Å²) in [5.41, 5.74) is 10.2. The van der Waals surface area contributed by atoms with E-state index in [0.29, 0.717) is 34.0 Å². The maximum atomic E-state index is 5.36. The van der Waals surface area contributed by atoms with E-state index in [0.717, 1.165) is 65.8 Å². The lowest BCUT2D eigenvalue weighted by Gasteiger charge is -2.09. The molecule has 242 valence electrons. The van der Waals surface area contributed by atoms with E-state index in [2.05, 4.69) is 66.2 Å². The number of fused-ring (bicyclic) bond motifs is 7. The first-order valence-corrected chi connectivity index (χ1v) is 16.5. The van der Waals surface area contributed by atoms with Crippen molar-refractivity contribution in [1.29, 1.82) is 0 Å². The van der Waals surface area contributed by atoms with Crippen LogP contribution >= 0.6 is 0 Å². The quantitative estimate of drug-likeness (QED) is 0.217. The molecular formula is C40H22N12. The minimum Gasteiger partial charge on any atom is -0.276 e. The molecule has 0 aliphatic rings. The van der Waals surface area contributed by atoms with Crippen LogP contribution in [0.4, 0.5) is 0 Å². The second-order valence-electron chi connectivity index (χ2n) is 12.3. The fraction of sp³-hybridized carbons (Fsp3) is 0. The molecule has 8 heterocycles. The zero-order valence-electron chi connectivity index (χ0n) is 27.1. The van der Waals surface area contributed by atoms with Gasteiger partial charge in [-0.3, -0.25) is 28.7 Å². The number of benzene rings is 3. The molecule has 8 aromatic heterocycles. The SMILES string of the molecule is c1ccc(/C(c2ncncn2)=c2\n3c4nccnc4c4cccc(c5ccc(-c6cnccn6)c6c7nc(-c8ccncc8)cnc7n2c56)c43)cc1. The molecule has 0 bridgehead atoms. The summed E-state index contributed by atoms with van der Waals surface area (Å²) in [6.45, 7) is 0. The molecule has 11 aromatic rings. The summed E-state index contributed by atoms with van der Waals surface area (Å²) in [5, 5.41) is 3.84. The Balaban J connectivity index is 1.53. The first-order chi connectivity index (χ1) is 25.8. The van der Waals surface area contributed by atoms with Gasteiger partial charge in [-0.1, -0.05) is 60.7 Å². The summed E-state index contributed by atoms with van der Waals surface area (Å²) < 4.78 is 4.36. The predicted molar refractivity (Wildman–Crippen MR) is 197 cm³/mol. The summed E-state index contributed by atoms with van der Waals surface area (Å²) in [7, 11) is 0. The van der Waals surface area contributed by atoms with Crippen molar-refractivity contribution in [2.75, 3.05) is 0 Å². The van der Waals surface area contributed by atoms with Gasteiger partial charge in [0, 0.05) is 69.9 Å². The van der Waals surface area contributed by atoms with Crippen molar-refractivity contribution in [3.05, 3.63) is 152 Å². The van der Waals surface area contributed by atoms with Crippen LogP contribution in [0.15, 0.2) is 135 Å². The number of hydrogen-bond donors (Lipinski definition) is 0. The average molecular weight is 671 g/mol. The third-order valence-corrected chi connectivity index (χ3v) is 9.54. The molecule has 0 aliphatic heterocycles.